The van der Waals surface area contributed by atoms with Gasteiger partial charge in [-0.05, 0) is 25.2 Å². The number of carbonyl (C=O) groups excluding carboxylic acids is 2. The maximum absolute atomic E-state index is 10.3. The Morgan fingerprint density at radius 2 is 1.64 bits per heavy atom. The second-order valence-electron chi connectivity index (χ2n) is 3.54. The van der Waals surface area contributed by atoms with Crippen molar-refractivity contribution in [1.82, 2.24) is 0 Å². The van der Waals surface area contributed by atoms with Gasteiger partial charge in [0.1, 0.15) is 0 Å². The van der Waals surface area contributed by atoms with Crippen LogP contribution in [0.3, 0.4) is 0 Å². The van der Waals surface area contributed by atoms with Crippen molar-refractivity contribution < 1.29 is 19.8 Å². The van der Waals surface area contributed by atoms with Crippen molar-refractivity contribution in [3.8, 4) is 0 Å². The van der Waals surface area contributed by atoms with E-state index in [-0.39, 0.29) is 6.42 Å². The Labute approximate surface area is 83.9 Å². The summed E-state index contributed by atoms with van der Waals surface area (Å²) < 4.78 is 0. The minimum absolute atomic E-state index is 0.0933. The summed E-state index contributed by atoms with van der Waals surface area (Å²) in [6.07, 6.45) is 3.80. The molecule has 0 fully saturated rings. The molecule has 0 bridgehead atoms. The summed E-state index contributed by atoms with van der Waals surface area (Å²) >= 11 is 0. The number of rotatable bonds is 8. The Bertz CT molecular complexity index is 189. The molecule has 0 aliphatic carbocycles. The fourth-order valence-electron chi connectivity index (χ4n) is 1.19. The predicted octanol–water partition coefficient (Wildman–Crippen LogP) is -0.537. The first kappa shape index (κ1) is 12.9. The molecule has 0 spiro atoms. The van der Waals surface area contributed by atoms with Crippen LogP contribution >= 0.6 is 0 Å². The van der Waals surface area contributed by atoms with Gasteiger partial charge in [-0.2, -0.15) is 0 Å². The Morgan fingerprint density at radius 1 is 1.07 bits per heavy atom. The maximum atomic E-state index is 10.3. The normalized spacial score (nSPS) is 12.4. The van der Waals surface area contributed by atoms with Crippen LogP contribution in [0.4, 0.5) is 0 Å². The van der Waals surface area contributed by atoms with Crippen LogP contribution in [0, 0.1) is 5.92 Å². The highest BCUT2D eigenvalue weighted by molar-refractivity contribution is 5.66. The lowest BCUT2D eigenvalue weighted by Crippen LogP contribution is -2.29. The molecule has 0 radical (unpaired) electrons. The molecule has 0 aliphatic heterocycles. The van der Waals surface area contributed by atoms with E-state index in [0.717, 1.165) is 19.3 Å². The van der Waals surface area contributed by atoms with Crippen molar-refractivity contribution >= 4 is 11.9 Å². The fourth-order valence-corrected chi connectivity index (χ4v) is 1.19. The average molecular weight is 200 g/mol. The molecule has 0 N–H and O–H groups in total. The van der Waals surface area contributed by atoms with Crippen LogP contribution in [0.2, 0.25) is 0 Å². The topological polar surface area (TPSA) is 80.3 Å². The largest absolute Gasteiger partial charge is 0.550 e. The van der Waals surface area contributed by atoms with Crippen molar-refractivity contribution in [3.05, 3.63) is 0 Å². The van der Waals surface area contributed by atoms with E-state index in [2.05, 4.69) is 0 Å². The van der Waals surface area contributed by atoms with E-state index in [0.29, 0.717) is 12.8 Å². The molecule has 0 aromatic carbocycles. The quantitative estimate of drug-likeness (QED) is 0.493. The Morgan fingerprint density at radius 3 is 2.14 bits per heavy atom. The van der Waals surface area contributed by atoms with Crippen molar-refractivity contribution in [1.29, 1.82) is 0 Å². The molecule has 0 saturated carbocycles. The molecule has 82 valence electrons. The summed E-state index contributed by atoms with van der Waals surface area (Å²) in [5, 5.41) is 20.3. The van der Waals surface area contributed by atoms with Gasteiger partial charge in [-0.3, -0.25) is 0 Å². The van der Waals surface area contributed by atoms with Crippen LogP contribution < -0.4 is 10.2 Å². The van der Waals surface area contributed by atoms with Gasteiger partial charge in [-0.15, -0.1) is 0 Å². The number of hydrogen-bond donors (Lipinski definition) is 0. The molecule has 0 amide bonds. The third-order valence-corrected chi connectivity index (χ3v) is 2.17. The Kier molecular flexibility index (Phi) is 6.80. The molecule has 0 aliphatic rings. The number of carboxylic acid groups (broad SMARTS) is 2. The summed E-state index contributed by atoms with van der Waals surface area (Å²) in [5.41, 5.74) is 0. The van der Waals surface area contributed by atoms with Gasteiger partial charge in [-0.1, -0.05) is 26.2 Å². The summed E-state index contributed by atoms with van der Waals surface area (Å²) in [6.45, 7) is 1.62. The lowest BCUT2D eigenvalue weighted by atomic mass is 10.0. The molecule has 0 saturated heterocycles. The SMILES string of the molecule is CC(CCCCCCC(=O)[O-])C(=O)[O-]. The first-order valence-corrected chi connectivity index (χ1v) is 4.94. The number of hydrogen-bond acceptors (Lipinski definition) is 4. The number of carbonyl (C=O) groups is 2. The van der Waals surface area contributed by atoms with Gasteiger partial charge in [-0.25, -0.2) is 0 Å². The van der Waals surface area contributed by atoms with Crippen LogP contribution in [-0.2, 0) is 9.59 Å². The molecular weight excluding hydrogens is 184 g/mol. The minimum Gasteiger partial charge on any atom is -0.550 e. The van der Waals surface area contributed by atoms with E-state index in [1.807, 2.05) is 0 Å². The zero-order valence-electron chi connectivity index (χ0n) is 8.45. The van der Waals surface area contributed by atoms with Crippen molar-refractivity contribution in [3.63, 3.8) is 0 Å². The highest BCUT2D eigenvalue weighted by Gasteiger charge is 2.01. The van der Waals surface area contributed by atoms with Gasteiger partial charge >= 0.3 is 0 Å². The summed E-state index contributed by atoms with van der Waals surface area (Å²) in [4.78, 5) is 20.3. The van der Waals surface area contributed by atoms with Crippen LogP contribution in [0.25, 0.3) is 0 Å². The van der Waals surface area contributed by atoms with E-state index in [1.54, 1.807) is 6.92 Å². The van der Waals surface area contributed by atoms with E-state index < -0.39 is 17.9 Å². The molecule has 1 atom stereocenters. The summed E-state index contributed by atoms with van der Waals surface area (Å²) in [7, 11) is 0. The third kappa shape index (κ3) is 7.58. The molecular formula is C10H16O4-2. The van der Waals surface area contributed by atoms with E-state index in [9.17, 15) is 19.8 Å². The second-order valence-corrected chi connectivity index (χ2v) is 3.54. The first-order chi connectivity index (χ1) is 6.54. The number of carboxylic acids is 2. The van der Waals surface area contributed by atoms with Gasteiger partial charge in [0.15, 0.2) is 0 Å². The van der Waals surface area contributed by atoms with Crippen LogP contribution in [0.15, 0.2) is 0 Å². The zero-order valence-corrected chi connectivity index (χ0v) is 8.45. The molecule has 0 rings (SSSR count). The average Bonchev–Trinajstić information content (AvgIpc) is 2.09. The monoisotopic (exact) mass is 200 g/mol. The van der Waals surface area contributed by atoms with Crippen molar-refractivity contribution in [2.45, 2.75) is 45.4 Å². The van der Waals surface area contributed by atoms with Crippen molar-refractivity contribution in [2.24, 2.45) is 5.92 Å². The van der Waals surface area contributed by atoms with Gasteiger partial charge in [0.05, 0.1) is 0 Å². The van der Waals surface area contributed by atoms with Crippen LogP contribution in [-0.4, -0.2) is 11.9 Å². The minimum atomic E-state index is -1.02. The molecule has 14 heavy (non-hydrogen) atoms. The van der Waals surface area contributed by atoms with Crippen LogP contribution in [0.1, 0.15) is 45.4 Å². The molecule has 0 heterocycles. The smallest absolute Gasteiger partial charge is 0.0442 e. The highest BCUT2D eigenvalue weighted by atomic mass is 16.4. The van der Waals surface area contributed by atoms with Gasteiger partial charge in [0, 0.05) is 11.9 Å². The maximum Gasteiger partial charge on any atom is 0.0442 e. The zero-order chi connectivity index (χ0) is 11.0. The molecule has 1 unspecified atom stereocenters. The van der Waals surface area contributed by atoms with Crippen molar-refractivity contribution in [2.75, 3.05) is 0 Å². The molecule has 4 nitrogen and oxygen atoms in total. The number of aliphatic carboxylic acids is 2. The summed E-state index contributed by atoms with van der Waals surface area (Å²) in [6, 6.07) is 0. The van der Waals surface area contributed by atoms with E-state index in [1.165, 1.54) is 0 Å². The predicted molar refractivity (Wildman–Crippen MR) is 46.9 cm³/mol. The van der Waals surface area contributed by atoms with Gasteiger partial charge in [0.2, 0.25) is 0 Å². The highest BCUT2D eigenvalue weighted by Crippen LogP contribution is 2.10. The van der Waals surface area contributed by atoms with Crippen LogP contribution in [0.5, 0.6) is 0 Å². The summed E-state index contributed by atoms with van der Waals surface area (Å²) in [5.74, 6) is -2.44. The Hall–Kier alpha value is -1.06. The third-order valence-electron chi connectivity index (χ3n) is 2.17. The lowest BCUT2D eigenvalue weighted by molar-refractivity contribution is -0.311. The van der Waals surface area contributed by atoms with Gasteiger partial charge in [0.25, 0.3) is 0 Å². The number of unbranched alkanes of at least 4 members (excludes halogenated alkanes) is 3. The lowest BCUT2D eigenvalue weighted by Gasteiger charge is -2.11. The molecule has 4 heteroatoms. The van der Waals surface area contributed by atoms with Gasteiger partial charge < -0.3 is 19.8 Å². The second kappa shape index (κ2) is 7.35. The standard InChI is InChI=1S/C10H18O4/c1-8(10(13)14)6-4-2-3-5-7-9(11)12/h8H,2-7H2,1H3,(H,11,12)(H,13,14)/p-2. The van der Waals surface area contributed by atoms with E-state index >= 15 is 0 Å². The first-order valence-electron chi connectivity index (χ1n) is 4.94. The Balaban J connectivity index is 3.21. The fraction of sp³-hybridized carbons (Fsp3) is 0.800. The molecule has 0 aromatic rings. The molecule has 0 aromatic heterocycles. The van der Waals surface area contributed by atoms with E-state index in [4.69, 9.17) is 0 Å².